The van der Waals surface area contributed by atoms with Crippen LogP contribution >= 0.6 is 0 Å². The van der Waals surface area contributed by atoms with Crippen LogP contribution in [0.1, 0.15) is 31.7 Å². The number of rotatable bonds is 7. The first-order valence-corrected chi connectivity index (χ1v) is 8.38. The molecule has 0 unspecified atom stereocenters. The molecule has 1 fully saturated rings. The highest BCUT2D eigenvalue weighted by Crippen LogP contribution is 2.12. The fourth-order valence-electron chi connectivity index (χ4n) is 2.67. The molecule has 0 radical (unpaired) electrons. The van der Waals surface area contributed by atoms with E-state index in [2.05, 4.69) is 30.9 Å². The molecule has 0 aliphatic carbocycles. The van der Waals surface area contributed by atoms with Crippen molar-refractivity contribution in [1.29, 1.82) is 0 Å². The lowest BCUT2D eigenvalue weighted by atomic mass is 10.2. The van der Waals surface area contributed by atoms with Gasteiger partial charge in [-0.05, 0) is 38.4 Å². The first-order chi connectivity index (χ1) is 10.7. The van der Waals surface area contributed by atoms with Crippen molar-refractivity contribution >= 4 is 5.91 Å². The summed E-state index contributed by atoms with van der Waals surface area (Å²) >= 11 is 0. The average molecular weight is 304 g/mol. The second-order valence-corrected chi connectivity index (χ2v) is 5.93. The van der Waals surface area contributed by atoms with Crippen LogP contribution in [0.4, 0.5) is 0 Å². The van der Waals surface area contributed by atoms with Crippen molar-refractivity contribution in [3.63, 3.8) is 0 Å². The molecule has 4 heteroatoms. The molecule has 0 N–H and O–H groups in total. The fraction of sp³-hybridized carbons (Fsp3) is 0.611. The molecule has 0 aromatic heterocycles. The maximum absolute atomic E-state index is 12.1. The van der Waals surface area contributed by atoms with E-state index >= 15 is 0 Å². The Kier molecular flexibility index (Phi) is 6.72. The number of hydrogen-bond donors (Lipinski definition) is 0. The Bertz CT molecular complexity index is 451. The molecule has 122 valence electrons. The van der Waals surface area contributed by atoms with Crippen LogP contribution in [0.2, 0.25) is 0 Å². The standard InChI is InChI=1S/C18H28N2O2/c1-3-19-11-13-20(14-12-19)18(21)6-4-5-15-22-17-9-7-16(2)8-10-17/h7-10H,3-6,11-15H2,1-2H3. The molecule has 0 spiro atoms. The zero-order valence-corrected chi connectivity index (χ0v) is 13.9. The minimum atomic E-state index is 0.297. The van der Waals surface area contributed by atoms with Gasteiger partial charge in [-0.1, -0.05) is 24.6 Å². The lowest BCUT2D eigenvalue weighted by Gasteiger charge is -2.34. The summed E-state index contributed by atoms with van der Waals surface area (Å²) in [7, 11) is 0. The van der Waals surface area contributed by atoms with Crippen LogP contribution in [0.3, 0.4) is 0 Å². The molecule has 0 saturated carbocycles. The Hall–Kier alpha value is -1.55. The zero-order valence-electron chi connectivity index (χ0n) is 13.9. The predicted octanol–water partition coefficient (Wildman–Crippen LogP) is 2.71. The maximum Gasteiger partial charge on any atom is 0.222 e. The quantitative estimate of drug-likeness (QED) is 0.726. The summed E-state index contributed by atoms with van der Waals surface area (Å²) in [6.07, 6.45) is 2.47. The summed E-state index contributed by atoms with van der Waals surface area (Å²) < 4.78 is 5.69. The lowest BCUT2D eigenvalue weighted by molar-refractivity contribution is -0.133. The highest BCUT2D eigenvalue weighted by molar-refractivity contribution is 5.76. The van der Waals surface area contributed by atoms with Crippen LogP contribution in [0.25, 0.3) is 0 Å². The minimum absolute atomic E-state index is 0.297. The van der Waals surface area contributed by atoms with Gasteiger partial charge in [-0.25, -0.2) is 0 Å². The first kappa shape index (κ1) is 16.8. The number of benzene rings is 1. The van der Waals surface area contributed by atoms with Gasteiger partial charge in [0.2, 0.25) is 5.91 Å². The molecule has 0 bridgehead atoms. The van der Waals surface area contributed by atoms with Gasteiger partial charge in [0.1, 0.15) is 5.75 Å². The van der Waals surface area contributed by atoms with E-state index in [1.807, 2.05) is 17.0 Å². The number of carbonyl (C=O) groups is 1. The molecule has 22 heavy (non-hydrogen) atoms. The van der Waals surface area contributed by atoms with Gasteiger partial charge < -0.3 is 14.5 Å². The van der Waals surface area contributed by atoms with Gasteiger partial charge in [0.05, 0.1) is 6.61 Å². The number of likely N-dealkylation sites (N-methyl/N-ethyl adjacent to an activating group) is 1. The van der Waals surface area contributed by atoms with E-state index in [0.29, 0.717) is 18.9 Å². The zero-order chi connectivity index (χ0) is 15.8. The smallest absolute Gasteiger partial charge is 0.222 e. The first-order valence-electron chi connectivity index (χ1n) is 8.38. The number of amides is 1. The summed E-state index contributed by atoms with van der Waals surface area (Å²) in [6, 6.07) is 8.09. The van der Waals surface area contributed by atoms with E-state index < -0.39 is 0 Å². The Morgan fingerprint density at radius 1 is 1.09 bits per heavy atom. The third-order valence-electron chi connectivity index (χ3n) is 4.25. The van der Waals surface area contributed by atoms with Crippen molar-refractivity contribution in [2.75, 3.05) is 39.3 Å². The second-order valence-electron chi connectivity index (χ2n) is 5.93. The van der Waals surface area contributed by atoms with Gasteiger partial charge in [-0.3, -0.25) is 4.79 Å². The van der Waals surface area contributed by atoms with Gasteiger partial charge in [0.25, 0.3) is 0 Å². The summed E-state index contributed by atoms with van der Waals surface area (Å²) in [5.74, 6) is 1.21. The number of aryl methyl sites for hydroxylation is 1. The number of unbranched alkanes of at least 4 members (excludes halogenated alkanes) is 1. The van der Waals surface area contributed by atoms with E-state index in [4.69, 9.17) is 4.74 Å². The highest BCUT2D eigenvalue weighted by Gasteiger charge is 2.19. The average Bonchev–Trinajstić information content (AvgIpc) is 2.56. The van der Waals surface area contributed by atoms with E-state index in [1.54, 1.807) is 0 Å². The van der Waals surface area contributed by atoms with Gasteiger partial charge in [-0.15, -0.1) is 0 Å². The SMILES string of the molecule is CCN1CCN(C(=O)CCCCOc2ccc(C)cc2)CC1. The molecular formula is C18H28N2O2. The van der Waals surface area contributed by atoms with Crippen molar-refractivity contribution in [3.8, 4) is 5.75 Å². The van der Waals surface area contributed by atoms with Crippen molar-refractivity contribution in [2.24, 2.45) is 0 Å². The number of ether oxygens (including phenoxy) is 1. The Labute approximate surface area is 134 Å². The molecule has 1 aliphatic rings. The Morgan fingerprint density at radius 2 is 1.77 bits per heavy atom. The predicted molar refractivity (Wildman–Crippen MR) is 89.2 cm³/mol. The van der Waals surface area contributed by atoms with Crippen LogP contribution < -0.4 is 4.74 Å². The van der Waals surface area contributed by atoms with E-state index in [-0.39, 0.29) is 0 Å². The van der Waals surface area contributed by atoms with Gasteiger partial charge >= 0.3 is 0 Å². The van der Waals surface area contributed by atoms with Gasteiger partial charge in [0, 0.05) is 32.6 Å². The molecule has 1 aromatic rings. The summed E-state index contributed by atoms with van der Waals surface area (Å²) in [5.41, 5.74) is 1.24. The van der Waals surface area contributed by atoms with Crippen LogP contribution in [-0.2, 0) is 4.79 Å². The number of carbonyl (C=O) groups excluding carboxylic acids is 1. The van der Waals surface area contributed by atoms with Crippen LogP contribution in [0.15, 0.2) is 24.3 Å². The van der Waals surface area contributed by atoms with Crippen LogP contribution in [0, 0.1) is 6.92 Å². The Balaban J connectivity index is 1.56. The minimum Gasteiger partial charge on any atom is -0.494 e. The Morgan fingerprint density at radius 3 is 2.41 bits per heavy atom. The van der Waals surface area contributed by atoms with Crippen molar-refractivity contribution in [3.05, 3.63) is 29.8 Å². The summed E-state index contributed by atoms with van der Waals surface area (Å²) in [5, 5.41) is 0. The lowest BCUT2D eigenvalue weighted by Crippen LogP contribution is -2.48. The van der Waals surface area contributed by atoms with Crippen molar-refractivity contribution in [2.45, 2.75) is 33.1 Å². The molecular weight excluding hydrogens is 276 g/mol. The third kappa shape index (κ3) is 5.34. The van der Waals surface area contributed by atoms with Crippen LogP contribution in [-0.4, -0.2) is 55.0 Å². The molecule has 1 aromatic carbocycles. The van der Waals surface area contributed by atoms with Crippen molar-refractivity contribution < 1.29 is 9.53 Å². The van der Waals surface area contributed by atoms with Gasteiger partial charge in [-0.2, -0.15) is 0 Å². The third-order valence-corrected chi connectivity index (χ3v) is 4.25. The van der Waals surface area contributed by atoms with E-state index in [9.17, 15) is 4.79 Å². The summed E-state index contributed by atoms with van der Waals surface area (Å²) in [4.78, 5) is 16.5. The normalized spacial score (nSPS) is 15.8. The molecule has 1 amide bonds. The molecule has 4 nitrogen and oxygen atoms in total. The molecule has 1 aliphatic heterocycles. The van der Waals surface area contributed by atoms with Crippen LogP contribution in [0.5, 0.6) is 5.75 Å². The number of hydrogen-bond acceptors (Lipinski definition) is 3. The van der Waals surface area contributed by atoms with E-state index in [1.165, 1.54) is 5.56 Å². The second kappa shape index (κ2) is 8.79. The van der Waals surface area contributed by atoms with Gasteiger partial charge in [0.15, 0.2) is 0 Å². The number of nitrogens with zero attached hydrogens (tertiary/aromatic N) is 2. The molecule has 1 heterocycles. The molecule has 0 atom stereocenters. The maximum atomic E-state index is 12.1. The monoisotopic (exact) mass is 304 g/mol. The van der Waals surface area contributed by atoms with Crippen molar-refractivity contribution in [1.82, 2.24) is 9.80 Å². The summed E-state index contributed by atoms with van der Waals surface area (Å²) in [6.45, 7) is 9.79. The highest BCUT2D eigenvalue weighted by atomic mass is 16.5. The topological polar surface area (TPSA) is 32.8 Å². The largest absolute Gasteiger partial charge is 0.494 e. The fourth-order valence-corrected chi connectivity index (χ4v) is 2.67. The molecule has 2 rings (SSSR count). The molecule has 1 saturated heterocycles. The number of piperazine rings is 1. The van der Waals surface area contributed by atoms with E-state index in [0.717, 1.165) is 51.3 Å².